The summed E-state index contributed by atoms with van der Waals surface area (Å²) < 4.78 is 2.20. The van der Waals surface area contributed by atoms with Crippen LogP contribution in [0.3, 0.4) is 0 Å². The van der Waals surface area contributed by atoms with Crippen LogP contribution in [0.4, 0.5) is 5.82 Å². The summed E-state index contributed by atoms with van der Waals surface area (Å²) in [5.74, 6) is 0.894. The Balaban J connectivity index is 1.82. The molecule has 3 rings (SSSR count). The molecular formula is C16H21ClN4. The highest BCUT2D eigenvalue weighted by Gasteiger charge is 2.16. The highest BCUT2D eigenvalue weighted by Crippen LogP contribution is 2.23. The highest BCUT2D eigenvalue weighted by atomic mass is 35.5. The topological polar surface area (TPSA) is 42.7 Å². The lowest BCUT2D eigenvalue weighted by atomic mass is 10.0. The number of pyridine rings is 1. The lowest BCUT2D eigenvalue weighted by molar-refractivity contribution is 0.625. The van der Waals surface area contributed by atoms with Crippen molar-refractivity contribution in [2.75, 3.05) is 11.9 Å². The predicted octanol–water partition coefficient (Wildman–Crippen LogP) is 3.68. The van der Waals surface area contributed by atoms with Gasteiger partial charge in [0.2, 0.25) is 0 Å². The molecule has 0 aliphatic heterocycles. The van der Waals surface area contributed by atoms with Crippen molar-refractivity contribution in [3.8, 4) is 0 Å². The summed E-state index contributed by atoms with van der Waals surface area (Å²) in [6.45, 7) is 3.76. The van der Waals surface area contributed by atoms with Crippen LogP contribution in [0.2, 0.25) is 5.02 Å². The molecule has 0 amide bonds. The Morgan fingerprint density at radius 1 is 1.29 bits per heavy atom. The Morgan fingerprint density at radius 2 is 2.14 bits per heavy atom. The van der Waals surface area contributed by atoms with Crippen LogP contribution in [0.5, 0.6) is 0 Å². The molecule has 4 nitrogen and oxygen atoms in total. The van der Waals surface area contributed by atoms with E-state index in [0.717, 1.165) is 42.3 Å². The van der Waals surface area contributed by atoms with Gasteiger partial charge in [-0.2, -0.15) is 0 Å². The van der Waals surface area contributed by atoms with E-state index in [1.807, 2.05) is 18.5 Å². The van der Waals surface area contributed by atoms with Crippen molar-refractivity contribution in [1.82, 2.24) is 14.5 Å². The van der Waals surface area contributed by atoms with Crippen molar-refractivity contribution >= 4 is 17.4 Å². The summed E-state index contributed by atoms with van der Waals surface area (Å²) in [6.07, 6.45) is 7.72. The van der Waals surface area contributed by atoms with Crippen LogP contribution in [0.25, 0.3) is 0 Å². The third-order valence-electron chi connectivity index (χ3n) is 3.90. The smallest absolute Gasteiger partial charge is 0.126 e. The van der Waals surface area contributed by atoms with Crippen LogP contribution in [-0.2, 0) is 19.4 Å². The molecule has 21 heavy (non-hydrogen) atoms. The molecule has 1 aliphatic rings. The van der Waals surface area contributed by atoms with Crippen LogP contribution in [-0.4, -0.2) is 21.1 Å². The van der Waals surface area contributed by atoms with Gasteiger partial charge in [0.25, 0.3) is 0 Å². The van der Waals surface area contributed by atoms with E-state index in [9.17, 15) is 0 Å². The van der Waals surface area contributed by atoms with E-state index in [2.05, 4.69) is 26.8 Å². The van der Waals surface area contributed by atoms with Crippen LogP contribution < -0.4 is 5.32 Å². The van der Waals surface area contributed by atoms with Crippen molar-refractivity contribution in [1.29, 1.82) is 0 Å². The van der Waals surface area contributed by atoms with Crippen LogP contribution in [0.1, 0.15) is 43.3 Å². The van der Waals surface area contributed by atoms with Crippen molar-refractivity contribution in [3.63, 3.8) is 0 Å². The largest absolute Gasteiger partial charge is 0.370 e. The first-order chi connectivity index (χ1) is 10.3. The number of fused-ring (bicyclic) bond motifs is 1. The van der Waals surface area contributed by atoms with E-state index in [-0.39, 0.29) is 0 Å². The molecule has 0 unspecified atom stereocenters. The van der Waals surface area contributed by atoms with Crippen molar-refractivity contribution < 1.29 is 0 Å². The molecular weight excluding hydrogens is 284 g/mol. The fraction of sp³-hybridized carbons (Fsp3) is 0.500. The molecule has 0 saturated carbocycles. The number of nitrogens with zero attached hydrogens (tertiary/aromatic N) is 3. The molecule has 0 bridgehead atoms. The number of rotatable bonds is 5. The average molecular weight is 305 g/mol. The quantitative estimate of drug-likeness (QED) is 0.916. The normalized spacial score (nSPS) is 14.0. The zero-order valence-electron chi connectivity index (χ0n) is 12.4. The molecule has 112 valence electrons. The Kier molecular flexibility index (Phi) is 4.44. The SMILES string of the molecule is CCCNc1ccc(Cl)c(Cn2cnc3c2CCCC3)n1. The van der Waals surface area contributed by atoms with E-state index in [1.165, 1.54) is 24.2 Å². The Hall–Kier alpha value is -1.55. The second-order valence-corrected chi connectivity index (χ2v) is 5.93. The lowest BCUT2D eigenvalue weighted by Crippen LogP contribution is -2.11. The Bertz CT molecular complexity index is 621. The van der Waals surface area contributed by atoms with Crippen LogP contribution in [0, 0.1) is 0 Å². The maximum atomic E-state index is 6.31. The van der Waals surface area contributed by atoms with Gasteiger partial charge >= 0.3 is 0 Å². The Morgan fingerprint density at radius 3 is 3.00 bits per heavy atom. The lowest BCUT2D eigenvalue weighted by Gasteiger charge is -2.15. The fourth-order valence-electron chi connectivity index (χ4n) is 2.78. The van der Waals surface area contributed by atoms with Gasteiger partial charge < -0.3 is 9.88 Å². The maximum Gasteiger partial charge on any atom is 0.126 e. The summed E-state index contributed by atoms with van der Waals surface area (Å²) in [5, 5.41) is 4.03. The summed E-state index contributed by atoms with van der Waals surface area (Å²) in [5.41, 5.74) is 3.51. The van der Waals surface area contributed by atoms with E-state index in [4.69, 9.17) is 11.6 Å². The van der Waals surface area contributed by atoms with Gasteiger partial charge in [-0.25, -0.2) is 9.97 Å². The summed E-state index contributed by atoms with van der Waals surface area (Å²) >= 11 is 6.31. The van der Waals surface area contributed by atoms with Crippen LogP contribution in [0.15, 0.2) is 18.5 Å². The molecule has 0 saturated heterocycles. The molecule has 0 fully saturated rings. The first-order valence-corrected chi connectivity index (χ1v) is 8.08. The minimum Gasteiger partial charge on any atom is -0.370 e. The van der Waals surface area contributed by atoms with Gasteiger partial charge in [-0.1, -0.05) is 18.5 Å². The molecule has 5 heteroatoms. The first-order valence-electron chi connectivity index (χ1n) is 7.70. The minimum absolute atomic E-state index is 0.697. The number of halogens is 1. The number of anilines is 1. The standard InChI is InChI=1S/C16H21ClN4/c1-2-9-18-16-8-7-12(17)14(20-16)10-21-11-19-13-5-3-4-6-15(13)21/h7-8,11H,2-6,9-10H2,1H3,(H,18,20). The molecule has 1 aliphatic carbocycles. The molecule has 2 heterocycles. The number of imidazole rings is 1. The van der Waals surface area contributed by atoms with Crippen molar-refractivity contribution in [2.45, 2.75) is 45.6 Å². The molecule has 2 aromatic heterocycles. The summed E-state index contributed by atoms with van der Waals surface area (Å²) in [4.78, 5) is 9.17. The minimum atomic E-state index is 0.697. The molecule has 0 aromatic carbocycles. The van der Waals surface area contributed by atoms with Crippen LogP contribution >= 0.6 is 11.6 Å². The van der Waals surface area contributed by atoms with Gasteiger partial charge in [0.1, 0.15) is 5.82 Å². The summed E-state index contributed by atoms with van der Waals surface area (Å²) in [7, 11) is 0. The summed E-state index contributed by atoms with van der Waals surface area (Å²) in [6, 6.07) is 3.86. The number of hydrogen-bond acceptors (Lipinski definition) is 3. The molecule has 0 radical (unpaired) electrons. The van der Waals surface area contributed by atoms with Gasteiger partial charge in [0.05, 0.1) is 29.3 Å². The van der Waals surface area contributed by atoms with E-state index < -0.39 is 0 Å². The Labute approximate surface area is 130 Å². The van der Waals surface area contributed by atoms with Gasteiger partial charge in [0, 0.05) is 12.2 Å². The molecule has 1 N–H and O–H groups in total. The highest BCUT2D eigenvalue weighted by molar-refractivity contribution is 6.31. The molecule has 0 atom stereocenters. The van der Waals surface area contributed by atoms with Gasteiger partial charge in [-0.3, -0.25) is 0 Å². The monoisotopic (exact) mass is 304 g/mol. The maximum absolute atomic E-state index is 6.31. The van der Waals surface area contributed by atoms with Gasteiger partial charge in [-0.15, -0.1) is 0 Å². The number of nitrogens with one attached hydrogen (secondary N) is 1. The molecule has 2 aromatic rings. The van der Waals surface area contributed by atoms with E-state index in [0.29, 0.717) is 6.54 Å². The zero-order valence-corrected chi connectivity index (χ0v) is 13.2. The number of aromatic nitrogens is 3. The number of hydrogen-bond donors (Lipinski definition) is 1. The second kappa shape index (κ2) is 6.48. The van der Waals surface area contributed by atoms with Gasteiger partial charge in [0.15, 0.2) is 0 Å². The van der Waals surface area contributed by atoms with E-state index in [1.54, 1.807) is 0 Å². The average Bonchev–Trinajstić information content (AvgIpc) is 2.91. The third-order valence-corrected chi connectivity index (χ3v) is 4.25. The van der Waals surface area contributed by atoms with Gasteiger partial charge in [-0.05, 0) is 44.2 Å². The van der Waals surface area contributed by atoms with Crippen molar-refractivity contribution in [2.24, 2.45) is 0 Å². The molecule has 0 spiro atoms. The third kappa shape index (κ3) is 3.21. The van der Waals surface area contributed by atoms with Crippen molar-refractivity contribution in [3.05, 3.63) is 40.6 Å². The second-order valence-electron chi connectivity index (χ2n) is 5.52. The zero-order chi connectivity index (χ0) is 14.7. The number of aryl methyl sites for hydroxylation is 1. The first kappa shape index (κ1) is 14.4. The predicted molar refractivity (Wildman–Crippen MR) is 86.0 cm³/mol. The fourth-order valence-corrected chi connectivity index (χ4v) is 2.94. The van der Waals surface area contributed by atoms with E-state index >= 15 is 0 Å².